The third-order valence-corrected chi connectivity index (χ3v) is 3.51. The fraction of sp³-hybridized carbons (Fsp3) is 0.133. The van der Waals surface area contributed by atoms with Gasteiger partial charge in [-0.2, -0.15) is 0 Å². The maximum Gasteiger partial charge on any atom is 0.324 e. The number of carbonyl (C=O) groups is 3. The number of nitrogens with two attached hydrogens (primary N) is 1. The first-order valence-corrected chi connectivity index (χ1v) is 6.78. The van der Waals surface area contributed by atoms with Crippen molar-refractivity contribution in [2.45, 2.75) is 6.92 Å². The molecule has 0 aromatic heterocycles. The molecule has 6 nitrogen and oxygen atoms in total. The number of carbonyl (C=O) groups excluding carboxylic acids is 3. The minimum atomic E-state index is -0.881. The topological polar surface area (TPSA) is 92.5 Å². The van der Waals surface area contributed by atoms with Crippen LogP contribution in [0.4, 0.5) is 16.2 Å². The van der Waals surface area contributed by atoms with E-state index in [-0.39, 0.29) is 11.5 Å². The predicted molar refractivity (Wildman–Crippen MR) is 84.9 cm³/mol. The van der Waals surface area contributed by atoms with Gasteiger partial charge in [-0.1, -0.05) is 11.6 Å². The van der Waals surface area contributed by atoms with Gasteiger partial charge in [0.05, 0.1) is 16.4 Å². The average Bonchev–Trinajstić information content (AvgIpc) is 2.44. The molecule has 3 N–H and O–H groups in total. The number of allylic oxidation sites excluding steroid dienone is 3. The number of amides is 2. The van der Waals surface area contributed by atoms with Gasteiger partial charge < -0.3 is 11.1 Å². The Bertz CT molecular complexity index is 738. The van der Waals surface area contributed by atoms with Gasteiger partial charge in [-0.05, 0) is 31.2 Å². The fourth-order valence-electron chi connectivity index (χ4n) is 2.06. The zero-order valence-electron chi connectivity index (χ0n) is 12.0. The number of nitrogens with one attached hydrogen (secondary N) is 1. The summed E-state index contributed by atoms with van der Waals surface area (Å²) in [5.41, 5.74) is 6.53. The number of halogens is 1. The van der Waals surface area contributed by atoms with Crippen LogP contribution in [0, 0.1) is 0 Å². The van der Waals surface area contributed by atoms with Crippen LogP contribution in [0.25, 0.3) is 0 Å². The normalized spacial score (nSPS) is 14.3. The van der Waals surface area contributed by atoms with E-state index < -0.39 is 11.8 Å². The molecule has 0 spiro atoms. The summed E-state index contributed by atoms with van der Waals surface area (Å²) in [6, 6.07) is 3.83. The van der Waals surface area contributed by atoms with E-state index in [1.807, 2.05) is 0 Å². The van der Waals surface area contributed by atoms with E-state index in [0.29, 0.717) is 22.0 Å². The summed E-state index contributed by atoms with van der Waals surface area (Å²) in [5, 5.41) is 3.23. The number of urea groups is 1. The van der Waals surface area contributed by atoms with E-state index in [4.69, 9.17) is 17.3 Å². The molecule has 0 unspecified atom stereocenters. The van der Waals surface area contributed by atoms with Gasteiger partial charge >= 0.3 is 6.03 Å². The zero-order chi connectivity index (χ0) is 16.4. The van der Waals surface area contributed by atoms with Crippen LogP contribution in [0.1, 0.15) is 6.92 Å². The van der Waals surface area contributed by atoms with Crippen LogP contribution in [0.2, 0.25) is 5.02 Å². The van der Waals surface area contributed by atoms with Crippen molar-refractivity contribution < 1.29 is 14.4 Å². The molecule has 2 rings (SSSR count). The first-order chi connectivity index (χ1) is 10.3. The maximum atomic E-state index is 12.1. The van der Waals surface area contributed by atoms with Crippen LogP contribution in [-0.2, 0) is 9.59 Å². The molecule has 0 aliphatic heterocycles. The van der Waals surface area contributed by atoms with Crippen molar-refractivity contribution in [3.8, 4) is 0 Å². The Morgan fingerprint density at radius 3 is 2.45 bits per heavy atom. The molecule has 0 bridgehead atoms. The Labute approximate surface area is 132 Å². The smallest absolute Gasteiger partial charge is 0.324 e. The molecule has 0 saturated heterocycles. The molecule has 22 heavy (non-hydrogen) atoms. The first-order valence-electron chi connectivity index (χ1n) is 6.40. The minimum Gasteiger partial charge on any atom is -0.387 e. The molecule has 1 aromatic rings. The largest absolute Gasteiger partial charge is 0.387 e. The van der Waals surface area contributed by atoms with Gasteiger partial charge in [0.1, 0.15) is 5.70 Å². The van der Waals surface area contributed by atoms with Crippen LogP contribution in [-0.4, -0.2) is 24.6 Å². The van der Waals surface area contributed by atoms with Crippen LogP contribution in [0.5, 0.6) is 0 Å². The monoisotopic (exact) mass is 319 g/mol. The van der Waals surface area contributed by atoms with E-state index in [1.165, 1.54) is 19.1 Å². The summed E-state index contributed by atoms with van der Waals surface area (Å²) in [4.78, 5) is 36.6. The number of anilines is 2. The van der Waals surface area contributed by atoms with Gasteiger partial charge in [0.15, 0.2) is 5.78 Å². The average molecular weight is 320 g/mol. The lowest BCUT2D eigenvalue weighted by molar-refractivity contribution is -0.115. The standard InChI is InChI=1S/C15H14ClN3O3/c1-8-5-14(21)12(7-13(8)20)19(15(17)22)9-3-4-11(18-2)10(16)6-9/h3-7,18H,1-2H3,(H2,17,22). The molecule has 0 radical (unpaired) electrons. The van der Waals surface area contributed by atoms with Crippen molar-refractivity contribution in [2.24, 2.45) is 5.73 Å². The molecular weight excluding hydrogens is 306 g/mol. The molecule has 1 aliphatic rings. The second-order valence-electron chi connectivity index (χ2n) is 4.67. The van der Waals surface area contributed by atoms with Crippen LogP contribution < -0.4 is 16.0 Å². The highest BCUT2D eigenvalue weighted by atomic mass is 35.5. The quantitative estimate of drug-likeness (QED) is 0.836. The van der Waals surface area contributed by atoms with Crippen molar-refractivity contribution >= 4 is 40.6 Å². The van der Waals surface area contributed by atoms with Crippen molar-refractivity contribution in [2.75, 3.05) is 17.3 Å². The molecule has 0 atom stereocenters. The number of primary amides is 1. The Morgan fingerprint density at radius 2 is 1.91 bits per heavy atom. The van der Waals surface area contributed by atoms with Crippen molar-refractivity contribution in [3.05, 3.63) is 46.6 Å². The summed E-state index contributed by atoms with van der Waals surface area (Å²) < 4.78 is 0. The molecule has 114 valence electrons. The number of hydrogen-bond donors (Lipinski definition) is 2. The lowest BCUT2D eigenvalue weighted by atomic mass is 10.0. The van der Waals surface area contributed by atoms with E-state index in [1.54, 1.807) is 19.2 Å². The van der Waals surface area contributed by atoms with Gasteiger partial charge in [0.2, 0.25) is 5.78 Å². The number of benzene rings is 1. The zero-order valence-corrected chi connectivity index (χ0v) is 12.8. The third kappa shape index (κ3) is 2.87. The molecule has 0 fully saturated rings. The molecule has 1 aromatic carbocycles. The SMILES string of the molecule is CNc1ccc(N(C(N)=O)C2=CC(=O)C(C)=CC2=O)cc1Cl. The van der Waals surface area contributed by atoms with Crippen molar-refractivity contribution in [1.29, 1.82) is 0 Å². The summed E-state index contributed by atoms with van der Waals surface area (Å²) in [6.45, 7) is 1.53. The highest BCUT2D eigenvalue weighted by Gasteiger charge is 2.27. The fourth-order valence-corrected chi connectivity index (χ4v) is 2.33. The lowest BCUT2D eigenvalue weighted by Gasteiger charge is -2.24. The van der Waals surface area contributed by atoms with E-state index >= 15 is 0 Å². The number of rotatable bonds is 3. The highest BCUT2D eigenvalue weighted by molar-refractivity contribution is 6.33. The molecule has 1 aliphatic carbocycles. The highest BCUT2D eigenvalue weighted by Crippen LogP contribution is 2.30. The summed E-state index contributed by atoms with van der Waals surface area (Å²) in [7, 11) is 1.70. The Morgan fingerprint density at radius 1 is 1.23 bits per heavy atom. The predicted octanol–water partition coefficient (Wildman–Crippen LogP) is 2.25. The second-order valence-corrected chi connectivity index (χ2v) is 5.08. The van der Waals surface area contributed by atoms with Gasteiger partial charge in [0, 0.05) is 18.7 Å². The summed E-state index contributed by atoms with van der Waals surface area (Å²) in [6.07, 6.45) is 2.28. The van der Waals surface area contributed by atoms with Gasteiger partial charge in [-0.15, -0.1) is 0 Å². The minimum absolute atomic E-state index is 0.101. The Hall–Kier alpha value is -2.60. The lowest BCUT2D eigenvalue weighted by Crippen LogP contribution is -2.39. The van der Waals surface area contributed by atoms with Crippen LogP contribution in [0.15, 0.2) is 41.6 Å². The number of ketones is 2. The number of hydrogen-bond acceptors (Lipinski definition) is 4. The van der Waals surface area contributed by atoms with E-state index in [2.05, 4.69) is 5.32 Å². The van der Waals surface area contributed by atoms with Crippen LogP contribution in [0.3, 0.4) is 0 Å². The van der Waals surface area contributed by atoms with Crippen LogP contribution >= 0.6 is 11.6 Å². The summed E-state index contributed by atoms with van der Waals surface area (Å²) in [5.74, 6) is -0.816. The van der Waals surface area contributed by atoms with Gasteiger partial charge in [0.25, 0.3) is 0 Å². The molecule has 2 amide bonds. The van der Waals surface area contributed by atoms with Crippen molar-refractivity contribution in [3.63, 3.8) is 0 Å². The molecule has 0 heterocycles. The maximum absolute atomic E-state index is 12.1. The van der Waals surface area contributed by atoms with Gasteiger partial charge in [-0.25, -0.2) is 4.79 Å². The Kier molecular flexibility index (Phi) is 4.32. The summed E-state index contributed by atoms with van der Waals surface area (Å²) >= 11 is 6.08. The number of nitrogens with zero attached hydrogens (tertiary/aromatic N) is 1. The molecule has 7 heteroatoms. The Balaban J connectivity index is 2.50. The first kappa shape index (κ1) is 15.8. The third-order valence-electron chi connectivity index (χ3n) is 3.20. The van der Waals surface area contributed by atoms with Gasteiger partial charge in [-0.3, -0.25) is 14.5 Å². The molecular formula is C15H14ClN3O3. The second kappa shape index (κ2) is 6.03. The van der Waals surface area contributed by atoms with E-state index in [9.17, 15) is 14.4 Å². The van der Waals surface area contributed by atoms with E-state index in [0.717, 1.165) is 11.0 Å². The molecule has 0 saturated carbocycles. The van der Waals surface area contributed by atoms with Crippen molar-refractivity contribution in [1.82, 2.24) is 0 Å².